The normalized spacial score (nSPS) is 22.1. The Labute approximate surface area is 139 Å². The van der Waals surface area contributed by atoms with Crippen LogP contribution in [-0.4, -0.2) is 35.7 Å². The van der Waals surface area contributed by atoms with E-state index in [-0.39, 0.29) is 17.9 Å². The zero-order valence-electron chi connectivity index (χ0n) is 13.3. The van der Waals surface area contributed by atoms with Gasteiger partial charge in [0.05, 0.1) is 18.2 Å². The number of nitrogens with zero attached hydrogens (tertiary/aromatic N) is 2. The highest BCUT2D eigenvalue weighted by Gasteiger charge is 2.44. The van der Waals surface area contributed by atoms with Gasteiger partial charge in [0.25, 0.3) is 5.91 Å². The van der Waals surface area contributed by atoms with E-state index in [4.69, 9.17) is 4.84 Å². The molecule has 0 radical (unpaired) electrons. The van der Waals surface area contributed by atoms with Crippen molar-refractivity contribution in [2.75, 3.05) is 13.1 Å². The zero-order valence-corrected chi connectivity index (χ0v) is 13.3. The first-order valence-corrected chi connectivity index (χ1v) is 7.98. The molecule has 2 aromatic rings. The molecule has 2 atom stereocenters. The van der Waals surface area contributed by atoms with Crippen molar-refractivity contribution < 1.29 is 14.0 Å². The number of likely N-dealkylation sites (tertiary alicyclic amines) is 1. The number of hydrogen-bond acceptors (Lipinski definition) is 3. The minimum absolute atomic E-state index is 0.0604. The fourth-order valence-electron chi connectivity index (χ4n) is 3.37. The predicted octanol–water partition coefficient (Wildman–Crippen LogP) is 3.01. The molecule has 0 aliphatic carbocycles. The molecule has 0 spiro atoms. The molecule has 0 aromatic heterocycles. The summed E-state index contributed by atoms with van der Waals surface area (Å²) in [5.74, 6) is -0.492. The first kappa shape index (κ1) is 14.9. The molecule has 0 saturated carbocycles. The van der Waals surface area contributed by atoms with Crippen LogP contribution in [0, 0.1) is 18.7 Å². The Morgan fingerprint density at radius 2 is 2.00 bits per heavy atom. The van der Waals surface area contributed by atoms with Crippen molar-refractivity contribution in [3.05, 3.63) is 71.0 Å². The van der Waals surface area contributed by atoms with Crippen molar-refractivity contribution in [3.63, 3.8) is 0 Å². The standard InChI is InChI=1S/C19H17FN2O2/c1-12-7-8-14(20)9-15(12)19(23)22-10-16-17(11-22)24-21-18(16)13-5-3-2-4-6-13/h2-9,16-17H,10-11H2,1H3. The maximum Gasteiger partial charge on any atom is 0.254 e. The molecule has 1 fully saturated rings. The maximum absolute atomic E-state index is 13.5. The Balaban J connectivity index is 1.56. The van der Waals surface area contributed by atoms with Crippen molar-refractivity contribution in [1.29, 1.82) is 0 Å². The number of hydrogen-bond donors (Lipinski definition) is 0. The summed E-state index contributed by atoms with van der Waals surface area (Å²) < 4.78 is 13.5. The molecular weight excluding hydrogens is 307 g/mol. The van der Waals surface area contributed by atoms with Gasteiger partial charge >= 0.3 is 0 Å². The van der Waals surface area contributed by atoms with E-state index < -0.39 is 5.82 Å². The Bertz CT molecular complexity index is 819. The van der Waals surface area contributed by atoms with Crippen LogP contribution in [0.25, 0.3) is 0 Å². The number of aryl methyl sites for hydroxylation is 1. The maximum atomic E-state index is 13.5. The summed E-state index contributed by atoms with van der Waals surface area (Å²) in [6.45, 7) is 2.82. The topological polar surface area (TPSA) is 41.9 Å². The van der Waals surface area contributed by atoms with Crippen LogP contribution in [0.1, 0.15) is 21.5 Å². The van der Waals surface area contributed by atoms with Crippen molar-refractivity contribution in [2.24, 2.45) is 11.1 Å². The van der Waals surface area contributed by atoms with Gasteiger partial charge in [0.1, 0.15) is 5.82 Å². The molecule has 0 N–H and O–H groups in total. The van der Waals surface area contributed by atoms with Crippen LogP contribution in [0.5, 0.6) is 0 Å². The highest BCUT2D eigenvalue weighted by atomic mass is 19.1. The van der Waals surface area contributed by atoms with E-state index in [0.29, 0.717) is 18.7 Å². The number of halogens is 1. The largest absolute Gasteiger partial charge is 0.390 e. The number of rotatable bonds is 2. The van der Waals surface area contributed by atoms with Crippen LogP contribution in [0.15, 0.2) is 53.7 Å². The van der Waals surface area contributed by atoms with E-state index in [1.165, 1.54) is 12.1 Å². The number of carbonyl (C=O) groups excluding carboxylic acids is 1. The Morgan fingerprint density at radius 3 is 2.79 bits per heavy atom. The first-order valence-electron chi connectivity index (χ1n) is 7.98. The Kier molecular flexibility index (Phi) is 3.56. The van der Waals surface area contributed by atoms with Crippen LogP contribution in [-0.2, 0) is 4.84 Å². The number of carbonyl (C=O) groups is 1. The average molecular weight is 324 g/mol. The van der Waals surface area contributed by atoms with E-state index in [1.54, 1.807) is 11.0 Å². The van der Waals surface area contributed by atoms with Gasteiger partial charge in [-0.3, -0.25) is 4.79 Å². The molecule has 2 heterocycles. The third-order valence-corrected chi connectivity index (χ3v) is 4.69. The molecule has 2 aliphatic heterocycles. The lowest BCUT2D eigenvalue weighted by Gasteiger charge is -2.18. The number of amides is 1. The highest BCUT2D eigenvalue weighted by molar-refractivity contribution is 6.04. The molecule has 1 amide bonds. The van der Waals surface area contributed by atoms with Gasteiger partial charge in [0.2, 0.25) is 0 Å². The van der Waals surface area contributed by atoms with Gasteiger partial charge in [-0.15, -0.1) is 0 Å². The molecule has 2 aromatic carbocycles. The monoisotopic (exact) mass is 324 g/mol. The van der Waals surface area contributed by atoms with Gasteiger partial charge in [-0.25, -0.2) is 4.39 Å². The second-order valence-electron chi connectivity index (χ2n) is 6.26. The lowest BCUT2D eigenvalue weighted by atomic mass is 9.95. The second kappa shape index (κ2) is 5.74. The molecule has 2 aliphatic rings. The summed E-state index contributed by atoms with van der Waals surface area (Å²) in [5.41, 5.74) is 3.08. The molecular formula is C19H17FN2O2. The van der Waals surface area contributed by atoms with E-state index >= 15 is 0 Å². The summed E-state index contributed by atoms with van der Waals surface area (Å²) >= 11 is 0. The summed E-state index contributed by atoms with van der Waals surface area (Å²) in [5, 5.41) is 4.21. The van der Waals surface area contributed by atoms with E-state index in [9.17, 15) is 9.18 Å². The van der Waals surface area contributed by atoms with Crippen molar-refractivity contribution in [1.82, 2.24) is 4.90 Å². The average Bonchev–Trinajstić information content (AvgIpc) is 3.17. The van der Waals surface area contributed by atoms with Gasteiger partial charge in [0, 0.05) is 12.1 Å². The second-order valence-corrected chi connectivity index (χ2v) is 6.26. The summed E-state index contributed by atoms with van der Waals surface area (Å²) in [6, 6.07) is 14.2. The van der Waals surface area contributed by atoms with Gasteiger partial charge in [-0.05, 0) is 30.2 Å². The van der Waals surface area contributed by atoms with Crippen LogP contribution in [0.4, 0.5) is 4.39 Å². The molecule has 2 unspecified atom stereocenters. The smallest absolute Gasteiger partial charge is 0.254 e. The van der Waals surface area contributed by atoms with Gasteiger partial charge in [0.15, 0.2) is 6.10 Å². The fourth-order valence-corrected chi connectivity index (χ4v) is 3.37. The summed E-state index contributed by atoms with van der Waals surface area (Å²) in [4.78, 5) is 20.0. The summed E-state index contributed by atoms with van der Waals surface area (Å²) in [7, 11) is 0. The van der Waals surface area contributed by atoms with Crippen LogP contribution < -0.4 is 0 Å². The molecule has 5 heteroatoms. The number of oxime groups is 1. The van der Waals surface area contributed by atoms with Crippen molar-refractivity contribution in [3.8, 4) is 0 Å². The summed E-state index contributed by atoms with van der Waals surface area (Å²) in [6.07, 6.45) is -0.127. The lowest BCUT2D eigenvalue weighted by Crippen LogP contribution is -2.31. The number of fused-ring (bicyclic) bond motifs is 1. The van der Waals surface area contributed by atoms with Gasteiger partial charge < -0.3 is 9.74 Å². The fraction of sp³-hybridized carbons (Fsp3) is 0.263. The van der Waals surface area contributed by atoms with E-state index in [2.05, 4.69) is 5.16 Å². The minimum Gasteiger partial charge on any atom is -0.390 e. The molecule has 0 bridgehead atoms. The molecule has 4 rings (SSSR count). The molecule has 1 saturated heterocycles. The lowest BCUT2D eigenvalue weighted by molar-refractivity contribution is 0.0631. The predicted molar refractivity (Wildman–Crippen MR) is 88.4 cm³/mol. The highest BCUT2D eigenvalue weighted by Crippen LogP contribution is 2.31. The molecule has 4 nitrogen and oxygen atoms in total. The van der Waals surface area contributed by atoms with Crippen LogP contribution >= 0.6 is 0 Å². The van der Waals surface area contributed by atoms with Crippen LogP contribution in [0.3, 0.4) is 0 Å². The first-order chi connectivity index (χ1) is 11.6. The van der Waals surface area contributed by atoms with Gasteiger partial charge in [-0.1, -0.05) is 41.6 Å². The van der Waals surface area contributed by atoms with Crippen molar-refractivity contribution >= 4 is 11.6 Å². The third-order valence-electron chi connectivity index (χ3n) is 4.69. The third kappa shape index (κ3) is 2.46. The minimum atomic E-state index is -0.397. The van der Waals surface area contributed by atoms with E-state index in [1.807, 2.05) is 37.3 Å². The Morgan fingerprint density at radius 1 is 1.21 bits per heavy atom. The van der Waals surface area contributed by atoms with Crippen LogP contribution in [0.2, 0.25) is 0 Å². The quantitative estimate of drug-likeness (QED) is 0.852. The number of benzene rings is 2. The zero-order chi connectivity index (χ0) is 16.7. The SMILES string of the molecule is Cc1ccc(F)cc1C(=O)N1CC2ON=C(c3ccccc3)C2C1. The van der Waals surface area contributed by atoms with E-state index in [0.717, 1.165) is 16.8 Å². The molecule has 122 valence electrons. The molecule has 24 heavy (non-hydrogen) atoms. The van der Waals surface area contributed by atoms with Crippen molar-refractivity contribution in [2.45, 2.75) is 13.0 Å². The van der Waals surface area contributed by atoms with Gasteiger partial charge in [-0.2, -0.15) is 0 Å². The Hall–Kier alpha value is -2.69.